The van der Waals surface area contributed by atoms with Crippen LogP contribution < -0.4 is 0 Å². The summed E-state index contributed by atoms with van der Waals surface area (Å²) >= 11 is 0. The average Bonchev–Trinajstić information content (AvgIpc) is 1.91. The molecule has 0 radical (unpaired) electrons. The molecule has 0 aromatic carbocycles. The molecule has 1 aromatic heterocycles. The summed E-state index contributed by atoms with van der Waals surface area (Å²) in [5.74, 6) is 0.111. The number of rotatable bonds is 1. The van der Waals surface area contributed by atoms with Gasteiger partial charge in [-0.2, -0.15) is 0 Å². The largest absolute Gasteiger partial charge is 0.242 e. The summed E-state index contributed by atoms with van der Waals surface area (Å²) in [6.07, 6.45) is 2.49. The summed E-state index contributed by atoms with van der Waals surface area (Å²) in [5, 5.41) is 12.9. The van der Waals surface area contributed by atoms with Gasteiger partial charge in [0, 0.05) is 0 Å². The van der Waals surface area contributed by atoms with Crippen molar-refractivity contribution < 1.29 is 4.79 Å². The third-order valence-corrected chi connectivity index (χ3v) is 0.572. The molecule has 6 nitrogen and oxygen atoms in total. The van der Waals surface area contributed by atoms with Crippen molar-refractivity contribution in [1.29, 1.82) is 0 Å². The molecule has 0 spiro atoms. The predicted molar refractivity (Wildman–Crippen MR) is 25.4 cm³/mol. The first-order valence-corrected chi connectivity index (χ1v) is 2.02. The summed E-state index contributed by atoms with van der Waals surface area (Å²) in [5.41, 5.74) is 0. The van der Waals surface area contributed by atoms with Crippen molar-refractivity contribution in [1.82, 2.24) is 20.6 Å². The molecule has 0 bridgehead atoms. The van der Waals surface area contributed by atoms with Gasteiger partial charge in [-0.15, -0.1) is 15.2 Å². The van der Waals surface area contributed by atoms with E-state index < -0.39 is 0 Å². The van der Waals surface area contributed by atoms with E-state index in [1.807, 2.05) is 0 Å². The van der Waals surface area contributed by atoms with Gasteiger partial charge in [-0.25, -0.2) is 4.79 Å². The predicted octanol–water partition coefficient (Wildman–Crippen LogP) is -0.766. The molecule has 6 heteroatoms. The molecule has 0 aliphatic rings. The fraction of sp³-hybridized carbons (Fsp3) is 0. The minimum Gasteiger partial charge on any atom is -0.211 e. The minimum absolute atomic E-state index is 0.111. The highest BCUT2D eigenvalue weighted by molar-refractivity contribution is 5.42. The van der Waals surface area contributed by atoms with Crippen LogP contribution in [0.3, 0.4) is 0 Å². The Morgan fingerprint density at radius 1 is 1.56 bits per heavy atom. The first kappa shape index (κ1) is 5.46. The van der Waals surface area contributed by atoms with Crippen LogP contribution in [0.25, 0.3) is 0 Å². The molecule has 0 fully saturated rings. The summed E-state index contributed by atoms with van der Waals surface area (Å²) in [4.78, 5) is 12.7. The summed E-state index contributed by atoms with van der Waals surface area (Å²) in [7, 11) is 0. The lowest BCUT2D eigenvalue weighted by atomic mass is 10.8. The van der Waals surface area contributed by atoms with Gasteiger partial charge in [0.15, 0.2) is 0 Å². The number of carbonyl (C=O) groups excluding carboxylic acids is 1. The van der Waals surface area contributed by atoms with E-state index in [2.05, 4.69) is 25.6 Å². The van der Waals surface area contributed by atoms with Gasteiger partial charge in [-0.3, -0.25) is 0 Å². The average molecular weight is 123 g/mol. The van der Waals surface area contributed by atoms with Crippen molar-refractivity contribution in [2.75, 3.05) is 0 Å². The number of hydrogen-bond acceptors (Lipinski definition) is 6. The van der Waals surface area contributed by atoms with E-state index in [0.717, 1.165) is 0 Å². The maximum absolute atomic E-state index is 9.57. The van der Waals surface area contributed by atoms with Gasteiger partial charge in [0.25, 0.3) is 0 Å². The number of nitrogens with zero attached hydrogens (tertiary/aromatic N) is 5. The van der Waals surface area contributed by atoms with Crippen LogP contribution in [-0.4, -0.2) is 26.7 Å². The van der Waals surface area contributed by atoms with E-state index >= 15 is 0 Å². The van der Waals surface area contributed by atoms with Crippen LogP contribution in [0.4, 0.5) is 5.82 Å². The summed E-state index contributed by atoms with van der Waals surface area (Å²) in [6, 6.07) is 0. The Balaban J connectivity index is 2.97. The molecule has 9 heavy (non-hydrogen) atoms. The molecule has 0 atom stereocenters. The SMILES string of the molecule is O=C=Nc1cnnnn1. The van der Waals surface area contributed by atoms with Crippen LogP contribution in [0.1, 0.15) is 0 Å². The standard InChI is InChI=1S/C3HN5O/c9-2-4-3-1-5-7-8-6-3/h1H. The zero-order valence-electron chi connectivity index (χ0n) is 4.22. The van der Waals surface area contributed by atoms with Crippen LogP contribution in [0, 0.1) is 0 Å². The van der Waals surface area contributed by atoms with Crippen molar-refractivity contribution in [3.05, 3.63) is 6.20 Å². The Morgan fingerprint density at radius 2 is 2.44 bits per heavy atom. The molecule has 0 saturated carbocycles. The lowest BCUT2D eigenvalue weighted by molar-refractivity contribution is 0.565. The number of aliphatic imine (C=N–C) groups is 1. The van der Waals surface area contributed by atoms with Crippen molar-refractivity contribution >= 4 is 11.9 Å². The van der Waals surface area contributed by atoms with Gasteiger partial charge in [0.2, 0.25) is 11.9 Å². The van der Waals surface area contributed by atoms with Crippen LogP contribution in [0.15, 0.2) is 11.2 Å². The first-order chi connectivity index (χ1) is 4.43. The number of hydrogen-bond donors (Lipinski definition) is 0. The van der Waals surface area contributed by atoms with E-state index in [9.17, 15) is 4.79 Å². The zero-order valence-corrected chi connectivity index (χ0v) is 4.22. The molecule has 1 heterocycles. The summed E-state index contributed by atoms with van der Waals surface area (Å²) < 4.78 is 0. The maximum Gasteiger partial charge on any atom is 0.242 e. The van der Waals surface area contributed by atoms with E-state index in [0.29, 0.717) is 0 Å². The Morgan fingerprint density at radius 3 is 3.00 bits per heavy atom. The highest BCUT2D eigenvalue weighted by atomic mass is 16.1. The second-order valence-corrected chi connectivity index (χ2v) is 1.08. The van der Waals surface area contributed by atoms with Crippen LogP contribution in [0.2, 0.25) is 0 Å². The molecule has 0 unspecified atom stereocenters. The molecule has 0 aliphatic heterocycles. The number of aromatic nitrogens is 4. The van der Waals surface area contributed by atoms with Crippen LogP contribution >= 0.6 is 0 Å². The maximum atomic E-state index is 9.57. The Kier molecular flexibility index (Phi) is 1.57. The van der Waals surface area contributed by atoms with E-state index in [1.165, 1.54) is 12.3 Å². The van der Waals surface area contributed by atoms with Crippen molar-refractivity contribution in [3.63, 3.8) is 0 Å². The third-order valence-electron chi connectivity index (χ3n) is 0.572. The van der Waals surface area contributed by atoms with Crippen molar-refractivity contribution in [2.45, 2.75) is 0 Å². The fourth-order valence-corrected chi connectivity index (χ4v) is 0.290. The normalized spacial score (nSPS) is 8.00. The lowest BCUT2D eigenvalue weighted by Gasteiger charge is -1.78. The molecular weight excluding hydrogens is 122 g/mol. The van der Waals surface area contributed by atoms with Gasteiger partial charge >= 0.3 is 0 Å². The topological polar surface area (TPSA) is 81.0 Å². The van der Waals surface area contributed by atoms with Crippen LogP contribution in [-0.2, 0) is 4.79 Å². The highest BCUT2D eigenvalue weighted by Crippen LogP contribution is 1.95. The van der Waals surface area contributed by atoms with Crippen LogP contribution in [0.5, 0.6) is 0 Å². The molecule has 0 saturated heterocycles. The second kappa shape index (κ2) is 2.58. The molecule has 44 valence electrons. The quantitative estimate of drug-likeness (QED) is 0.362. The van der Waals surface area contributed by atoms with Gasteiger partial charge in [0.05, 0.1) is 6.20 Å². The molecule has 1 rings (SSSR count). The van der Waals surface area contributed by atoms with Gasteiger partial charge in [-0.05, 0) is 10.4 Å². The molecule has 0 N–H and O–H groups in total. The number of isocyanates is 1. The molecular formula is C3HN5O. The van der Waals surface area contributed by atoms with Gasteiger partial charge in [-0.1, -0.05) is 0 Å². The minimum atomic E-state index is 0.111. The monoisotopic (exact) mass is 123 g/mol. The molecule has 0 amide bonds. The third kappa shape index (κ3) is 1.36. The van der Waals surface area contributed by atoms with E-state index in [4.69, 9.17) is 0 Å². The Labute approximate surface area is 49.6 Å². The lowest BCUT2D eigenvalue weighted by Crippen LogP contribution is -1.87. The van der Waals surface area contributed by atoms with Gasteiger partial charge < -0.3 is 0 Å². The highest BCUT2D eigenvalue weighted by Gasteiger charge is 1.85. The van der Waals surface area contributed by atoms with Gasteiger partial charge in [0.1, 0.15) is 0 Å². The Hall–Kier alpha value is -1.68. The molecule has 1 aromatic rings. The van der Waals surface area contributed by atoms with Crippen molar-refractivity contribution in [2.24, 2.45) is 4.99 Å². The first-order valence-electron chi connectivity index (χ1n) is 2.02. The smallest absolute Gasteiger partial charge is 0.211 e. The molecule has 0 aliphatic carbocycles. The van der Waals surface area contributed by atoms with Crippen molar-refractivity contribution in [3.8, 4) is 0 Å². The second-order valence-electron chi connectivity index (χ2n) is 1.08. The zero-order chi connectivity index (χ0) is 6.53. The van der Waals surface area contributed by atoms with E-state index in [1.54, 1.807) is 0 Å². The van der Waals surface area contributed by atoms with E-state index in [-0.39, 0.29) is 5.82 Å². The fourth-order valence-electron chi connectivity index (χ4n) is 0.290. The summed E-state index contributed by atoms with van der Waals surface area (Å²) in [6.45, 7) is 0. The Bertz CT molecular complexity index is 227.